The summed E-state index contributed by atoms with van der Waals surface area (Å²) in [5, 5.41) is 2.13. The number of benzene rings is 1. The lowest BCUT2D eigenvalue weighted by Crippen LogP contribution is -2.54. The number of hydrogen-bond acceptors (Lipinski definition) is 5. The van der Waals surface area contributed by atoms with E-state index in [1.807, 2.05) is 6.07 Å². The Morgan fingerprint density at radius 1 is 1.25 bits per heavy atom. The molecular weight excluding hydrogens is 262 g/mol. The number of piperazine rings is 1. The number of carbonyl (C=O) groups excluding carboxylic acids is 3. The fourth-order valence-corrected chi connectivity index (χ4v) is 1.86. The molecule has 0 atom stereocenters. The molecule has 0 unspecified atom stereocenters. The Hall–Kier alpha value is -2.41. The van der Waals surface area contributed by atoms with Crippen LogP contribution in [0.15, 0.2) is 24.3 Å². The molecule has 0 radical (unpaired) electrons. The molecule has 0 spiro atoms. The molecule has 1 aliphatic rings. The highest BCUT2D eigenvalue weighted by molar-refractivity contribution is 6.02. The Morgan fingerprint density at radius 3 is 2.55 bits per heavy atom. The average Bonchev–Trinajstić information content (AvgIpc) is 2.44. The van der Waals surface area contributed by atoms with E-state index in [2.05, 4.69) is 5.32 Å². The smallest absolute Gasteiger partial charge is 0.261 e. The van der Waals surface area contributed by atoms with Crippen molar-refractivity contribution in [2.24, 2.45) is 5.73 Å². The van der Waals surface area contributed by atoms with E-state index in [0.29, 0.717) is 12.3 Å². The zero-order valence-electron chi connectivity index (χ0n) is 10.8. The first-order valence-electron chi connectivity index (χ1n) is 6.11. The quantitative estimate of drug-likeness (QED) is 0.688. The van der Waals surface area contributed by atoms with E-state index in [1.165, 1.54) is 0 Å². The van der Waals surface area contributed by atoms with Gasteiger partial charge in [-0.3, -0.25) is 19.7 Å². The Labute approximate surface area is 115 Å². The predicted octanol–water partition coefficient (Wildman–Crippen LogP) is -0.991. The summed E-state index contributed by atoms with van der Waals surface area (Å²) in [6.45, 7) is -0.203. The van der Waals surface area contributed by atoms with E-state index in [1.54, 1.807) is 18.2 Å². The average molecular weight is 277 g/mol. The molecule has 7 heteroatoms. The number of hydrogen-bond donors (Lipinski definition) is 2. The molecule has 106 valence electrons. The third kappa shape index (κ3) is 3.33. The highest BCUT2D eigenvalue weighted by Gasteiger charge is 2.26. The van der Waals surface area contributed by atoms with Crippen molar-refractivity contribution in [2.75, 3.05) is 19.7 Å². The van der Waals surface area contributed by atoms with E-state index in [9.17, 15) is 14.4 Å². The maximum absolute atomic E-state index is 11.9. The Kier molecular flexibility index (Phi) is 4.31. The number of para-hydroxylation sites is 1. The normalized spacial score (nSPS) is 14.9. The molecule has 1 fully saturated rings. The van der Waals surface area contributed by atoms with Crippen LogP contribution in [-0.4, -0.2) is 42.3 Å². The molecule has 2 rings (SSSR count). The zero-order chi connectivity index (χ0) is 14.5. The number of amides is 3. The van der Waals surface area contributed by atoms with Crippen molar-refractivity contribution in [2.45, 2.75) is 6.54 Å². The number of rotatable bonds is 4. The van der Waals surface area contributed by atoms with Crippen molar-refractivity contribution < 1.29 is 19.1 Å². The minimum atomic E-state index is -0.489. The van der Waals surface area contributed by atoms with Gasteiger partial charge in [0.05, 0.1) is 0 Å². The van der Waals surface area contributed by atoms with Crippen LogP contribution in [0.5, 0.6) is 5.75 Å². The van der Waals surface area contributed by atoms with Gasteiger partial charge in [-0.1, -0.05) is 18.2 Å². The number of nitrogens with zero attached hydrogens (tertiary/aromatic N) is 1. The van der Waals surface area contributed by atoms with Gasteiger partial charge >= 0.3 is 0 Å². The Balaban J connectivity index is 1.95. The summed E-state index contributed by atoms with van der Waals surface area (Å²) in [5.74, 6) is -0.870. The second-order valence-electron chi connectivity index (χ2n) is 4.32. The SMILES string of the molecule is NCc1ccccc1OCC(=O)N1CC(=O)NC(=O)C1. The van der Waals surface area contributed by atoms with Crippen LogP contribution in [0.1, 0.15) is 5.56 Å². The summed E-state index contributed by atoms with van der Waals surface area (Å²) in [6, 6.07) is 7.11. The maximum atomic E-state index is 11.9. The van der Waals surface area contributed by atoms with Crippen molar-refractivity contribution in [3.8, 4) is 5.75 Å². The van der Waals surface area contributed by atoms with Crippen molar-refractivity contribution in [3.63, 3.8) is 0 Å². The molecule has 0 aliphatic carbocycles. The highest BCUT2D eigenvalue weighted by atomic mass is 16.5. The van der Waals surface area contributed by atoms with Gasteiger partial charge in [-0.2, -0.15) is 0 Å². The zero-order valence-corrected chi connectivity index (χ0v) is 10.8. The molecule has 7 nitrogen and oxygen atoms in total. The van der Waals surface area contributed by atoms with Crippen LogP contribution in [0.4, 0.5) is 0 Å². The van der Waals surface area contributed by atoms with Crippen LogP contribution in [0.25, 0.3) is 0 Å². The van der Waals surface area contributed by atoms with Gasteiger partial charge in [0.2, 0.25) is 11.8 Å². The van der Waals surface area contributed by atoms with E-state index in [0.717, 1.165) is 10.5 Å². The molecular formula is C13H15N3O4. The number of imide groups is 1. The first-order chi connectivity index (χ1) is 9.60. The monoisotopic (exact) mass is 277 g/mol. The van der Waals surface area contributed by atoms with E-state index < -0.39 is 17.7 Å². The second kappa shape index (κ2) is 6.16. The van der Waals surface area contributed by atoms with Gasteiger partial charge in [-0.05, 0) is 6.07 Å². The van der Waals surface area contributed by atoms with Crippen molar-refractivity contribution in [3.05, 3.63) is 29.8 Å². The summed E-state index contributed by atoms with van der Waals surface area (Å²) in [6.07, 6.45) is 0. The van der Waals surface area contributed by atoms with E-state index in [-0.39, 0.29) is 19.7 Å². The number of ether oxygens (including phenoxy) is 1. The number of nitrogens with one attached hydrogen (secondary N) is 1. The van der Waals surface area contributed by atoms with Crippen LogP contribution >= 0.6 is 0 Å². The Bertz CT molecular complexity index is 528. The minimum absolute atomic E-state index is 0.132. The van der Waals surface area contributed by atoms with E-state index in [4.69, 9.17) is 10.5 Å². The highest BCUT2D eigenvalue weighted by Crippen LogP contribution is 2.17. The van der Waals surface area contributed by atoms with Gasteiger partial charge in [0.1, 0.15) is 18.8 Å². The van der Waals surface area contributed by atoms with Crippen LogP contribution < -0.4 is 15.8 Å². The molecule has 1 heterocycles. The molecule has 1 aromatic carbocycles. The molecule has 3 N–H and O–H groups in total. The lowest BCUT2D eigenvalue weighted by Gasteiger charge is -2.25. The first-order valence-corrected chi connectivity index (χ1v) is 6.11. The largest absolute Gasteiger partial charge is 0.483 e. The summed E-state index contributed by atoms with van der Waals surface area (Å²) in [4.78, 5) is 35.4. The van der Waals surface area contributed by atoms with Crippen LogP contribution in [0, 0.1) is 0 Å². The van der Waals surface area contributed by atoms with Gasteiger partial charge < -0.3 is 15.4 Å². The summed E-state index contributed by atoms with van der Waals surface area (Å²) in [7, 11) is 0. The topological polar surface area (TPSA) is 102 Å². The van der Waals surface area contributed by atoms with Crippen molar-refractivity contribution in [1.29, 1.82) is 0 Å². The lowest BCUT2D eigenvalue weighted by molar-refractivity contribution is -0.146. The maximum Gasteiger partial charge on any atom is 0.261 e. The summed E-state index contributed by atoms with van der Waals surface area (Å²) < 4.78 is 5.40. The molecule has 1 saturated heterocycles. The van der Waals surface area contributed by atoms with Gasteiger partial charge in [0, 0.05) is 12.1 Å². The van der Waals surface area contributed by atoms with E-state index >= 15 is 0 Å². The van der Waals surface area contributed by atoms with Crippen molar-refractivity contribution in [1.82, 2.24) is 10.2 Å². The summed E-state index contributed by atoms with van der Waals surface area (Å²) in [5.41, 5.74) is 6.35. The predicted molar refractivity (Wildman–Crippen MR) is 69.6 cm³/mol. The molecule has 1 aliphatic heterocycles. The Morgan fingerprint density at radius 2 is 1.90 bits per heavy atom. The second-order valence-corrected chi connectivity index (χ2v) is 4.32. The fraction of sp³-hybridized carbons (Fsp3) is 0.308. The minimum Gasteiger partial charge on any atom is -0.483 e. The number of carbonyl (C=O) groups is 3. The van der Waals surface area contributed by atoms with Crippen molar-refractivity contribution >= 4 is 17.7 Å². The molecule has 0 aromatic heterocycles. The van der Waals surface area contributed by atoms with Crippen LogP contribution in [0.3, 0.4) is 0 Å². The third-order valence-electron chi connectivity index (χ3n) is 2.84. The molecule has 0 saturated carbocycles. The van der Waals surface area contributed by atoms with Gasteiger partial charge in [-0.25, -0.2) is 0 Å². The first kappa shape index (κ1) is 14.0. The lowest BCUT2D eigenvalue weighted by atomic mass is 10.2. The third-order valence-corrected chi connectivity index (χ3v) is 2.84. The summed E-state index contributed by atoms with van der Waals surface area (Å²) >= 11 is 0. The molecule has 20 heavy (non-hydrogen) atoms. The van der Waals surface area contributed by atoms with Crippen LogP contribution in [0.2, 0.25) is 0 Å². The molecule has 0 bridgehead atoms. The standard InChI is InChI=1S/C13H15N3O4/c14-5-9-3-1-2-4-10(9)20-8-13(19)16-6-11(17)15-12(18)7-16/h1-4H,5-8,14H2,(H,15,17,18). The van der Waals surface area contributed by atoms with Crippen LogP contribution in [-0.2, 0) is 20.9 Å². The van der Waals surface area contributed by atoms with Gasteiger partial charge in [0.25, 0.3) is 5.91 Å². The molecule has 3 amide bonds. The molecule has 1 aromatic rings. The van der Waals surface area contributed by atoms with Gasteiger partial charge in [0.15, 0.2) is 6.61 Å². The van der Waals surface area contributed by atoms with Gasteiger partial charge in [-0.15, -0.1) is 0 Å². The number of nitrogens with two attached hydrogens (primary N) is 1. The fourth-order valence-electron chi connectivity index (χ4n) is 1.86.